The zero-order valence-electron chi connectivity index (χ0n) is 16.9. The molecule has 0 aliphatic heterocycles. The van der Waals surface area contributed by atoms with E-state index < -0.39 is 0 Å². The highest BCUT2D eigenvalue weighted by atomic mass is 14.3. The normalized spacial score (nSPS) is 20.0. The van der Waals surface area contributed by atoms with Crippen LogP contribution in [0.1, 0.15) is 68.9 Å². The Morgan fingerprint density at radius 2 is 1.48 bits per heavy atom. The predicted octanol–water partition coefficient (Wildman–Crippen LogP) is 8.10. The van der Waals surface area contributed by atoms with Gasteiger partial charge in [0, 0.05) is 0 Å². The third-order valence-electron chi connectivity index (χ3n) is 6.13. The monoisotopic (exact) mass is 358 g/mol. The van der Waals surface area contributed by atoms with Gasteiger partial charge in [-0.15, -0.1) is 6.58 Å². The Bertz CT molecular complexity index is 710. The van der Waals surface area contributed by atoms with Crippen LogP contribution in [-0.4, -0.2) is 0 Å². The average Bonchev–Trinajstić information content (AvgIpc) is 2.73. The summed E-state index contributed by atoms with van der Waals surface area (Å²) in [6, 6.07) is 18.4. The van der Waals surface area contributed by atoms with Crippen molar-refractivity contribution in [1.82, 2.24) is 0 Å². The van der Waals surface area contributed by atoms with Crippen molar-refractivity contribution in [2.75, 3.05) is 0 Å². The summed E-state index contributed by atoms with van der Waals surface area (Å²) >= 11 is 0. The lowest BCUT2D eigenvalue weighted by Crippen LogP contribution is -2.13. The molecule has 0 amide bonds. The fourth-order valence-corrected chi connectivity index (χ4v) is 4.36. The Labute approximate surface area is 166 Å². The maximum atomic E-state index is 3.81. The minimum Gasteiger partial charge on any atom is -0.103 e. The van der Waals surface area contributed by atoms with Gasteiger partial charge in [-0.1, -0.05) is 66.8 Å². The Morgan fingerprint density at radius 1 is 0.852 bits per heavy atom. The maximum Gasteiger partial charge on any atom is -0.0162 e. The van der Waals surface area contributed by atoms with Crippen LogP contribution in [0.5, 0.6) is 0 Å². The molecule has 0 nitrogen and oxygen atoms in total. The van der Waals surface area contributed by atoms with E-state index in [1.54, 1.807) is 0 Å². The Morgan fingerprint density at radius 3 is 2.07 bits per heavy atom. The molecule has 0 spiro atoms. The third kappa shape index (κ3) is 5.70. The number of benzene rings is 2. The number of hydrogen-bond acceptors (Lipinski definition) is 0. The number of aryl methyl sites for hydroxylation is 1. The molecule has 2 aromatic rings. The molecular formula is C27H34. The molecule has 0 N–H and O–H groups in total. The first-order valence-electron chi connectivity index (χ1n) is 10.7. The molecule has 0 unspecified atom stereocenters. The van der Waals surface area contributed by atoms with E-state index in [2.05, 4.69) is 74.2 Å². The second-order valence-corrected chi connectivity index (χ2v) is 8.01. The first kappa shape index (κ1) is 19.7. The van der Waals surface area contributed by atoms with Gasteiger partial charge in [-0.05, 0) is 92.4 Å². The summed E-state index contributed by atoms with van der Waals surface area (Å²) in [4.78, 5) is 0. The van der Waals surface area contributed by atoms with Gasteiger partial charge < -0.3 is 0 Å². The van der Waals surface area contributed by atoms with Crippen LogP contribution in [0.25, 0.3) is 11.1 Å². The molecule has 0 heterocycles. The molecule has 2 aromatic carbocycles. The van der Waals surface area contributed by atoms with Gasteiger partial charge in [0.2, 0.25) is 0 Å². The minimum absolute atomic E-state index is 0.762. The highest BCUT2D eigenvalue weighted by Crippen LogP contribution is 2.38. The van der Waals surface area contributed by atoms with Gasteiger partial charge in [-0.25, -0.2) is 0 Å². The molecule has 0 saturated heterocycles. The van der Waals surface area contributed by atoms with Crippen LogP contribution < -0.4 is 0 Å². The van der Waals surface area contributed by atoms with Gasteiger partial charge in [0.25, 0.3) is 0 Å². The van der Waals surface area contributed by atoms with Crippen LogP contribution in [-0.2, 0) is 6.42 Å². The molecular weight excluding hydrogens is 324 g/mol. The lowest BCUT2D eigenvalue weighted by molar-refractivity contribution is 0.312. The van der Waals surface area contributed by atoms with E-state index in [0.29, 0.717) is 0 Å². The number of hydrogen-bond donors (Lipinski definition) is 0. The molecule has 0 bridgehead atoms. The SMILES string of the molecule is C=CCCc1ccc(-c2ccc(C3CCC(CC/C=C/C)CC3)cc2)cc1. The van der Waals surface area contributed by atoms with Gasteiger partial charge in [0.1, 0.15) is 0 Å². The molecule has 0 atom stereocenters. The number of allylic oxidation sites excluding steroid dienone is 3. The summed E-state index contributed by atoms with van der Waals surface area (Å²) in [5.74, 6) is 1.70. The van der Waals surface area contributed by atoms with E-state index >= 15 is 0 Å². The summed E-state index contributed by atoms with van der Waals surface area (Å²) in [5, 5.41) is 0. The molecule has 1 aliphatic rings. The van der Waals surface area contributed by atoms with E-state index in [-0.39, 0.29) is 0 Å². The van der Waals surface area contributed by atoms with Crippen molar-refractivity contribution in [2.24, 2.45) is 5.92 Å². The van der Waals surface area contributed by atoms with E-state index in [1.165, 1.54) is 60.8 Å². The second-order valence-electron chi connectivity index (χ2n) is 8.01. The second kappa shape index (κ2) is 10.3. The van der Waals surface area contributed by atoms with Gasteiger partial charge >= 0.3 is 0 Å². The van der Waals surface area contributed by atoms with Crippen LogP contribution in [0.3, 0.4) is 0 Å². The molecule has 0 radical (unpaired) electrons. The van der Waals surface area contributed by atoms with Crippen molar-refractivity contribution in [3.63, 3.8) is 0 Å². The Balaban J connectivity index is 1.55. The Hall–Kier alpha value is -2.08. The largest absolute Gasteiger partial charge is 0.103 e. The van der Waals surface area contributed by atoms with Crippen LogP contribution in [0.2, 0.25) is 0 Å². The van der Waals surface area contributed by atoms with Gasteiger partial charge in [-0.3, -0.25) is 0 Å². The third-order valence-corrected chi connectivity index (χ3v) is 6.13. The fourth-order valence-electron chi connectivity index (χ4n) is 4.36. The summed E-state index contributed by atoms with van der Waals surface area (Å²) in [6.07, 6.45) is 16.8. The fraction of sp³-hybridized carbons (Fsp3) is 0.407. The van der Waals surface area contributed by atoms with Crippen LogP contribution in [0, 0.1) is 5.92 Å². The minimum atomic E-state index is 0.762. The average molecular weight is 359 g/mol. The molecule has 0 aromatic heterocycles. The highest BCUT2D eigenvalue weighted by molar-refractivity contribution is 5.64. The summed E-state index contributed by atoms with van der Waals surface area (Å²) < 4.78 is 0. The van der Waals surface area contributed by atoms with Crippen molar-refractivity contribution in [3.05, 3.63) is 84.5 Å². The molecule has 27 heavy (non-hydrogen) atoms. The quantitative estimate of drug-likeness (QED) is 0.418. The maximum absolute atomic E-state index is 3.81. The van der Waals surface area contributed by atoms with E-state index in [1.807, 2.05) is 6.08 Å². The van der Waals surface area contributed by atoms with Gasteiger partial charge in [-0.2, -0.15) is 0 Å². The van der Waals surface area contributed by atoms with Crippen LogP contribution in [0.4, 0.5) is 0 Å². The lowest BCUT2D eigenvalue weighted by Gasteiger charge is -2.28. The molecule has 1 aliphatic carbocycles. The molecule has 142 valence electrons. The van der Waals surface area contributed by atoms with Gasteiger partial charge in [0.15, 0.2) is 0 Å². The summed E-state index contributed by atoms with van der Waals surface area (Å²) in [5.41, 5.74) is 5.57. The van der Waals surface area contributed by atoms with Crippen molar-refractivity contribution >= 4 is 0 Å². The smallest absolute Gasteiger partial charge is 0.0162 e. The summed E-state index contributed by atoms with van der Waals surface area (Å²) in [7, 11) is 0. The van der Waals surface area contributed by atoms with Crippen LogP contribution in [0.15, 0.2) is 73.3 Å². The molecule has 1 fully saturated rings. The topological polar surface area (TPSA) is 0 Å². The van der Waals surface area contributed by atoms with Crippen molar-refractivity contribution in [3.8, 4) is 11.1 Å². The first-order valence-corrected chi connectivity index (χ1v) is 10.7. The van der Waals surface area contributed by atoms with Crippen molar-refractivity contribution < 1.29 is 0 Å². The molecule has 1 saturated carbocycles. The summed E-state index contributed by atoms with van der Waals surface area (Å²) in [6.45, 7) is 5.93. The van der Waals surface area contributed by atoms with Crippen molar-refractivity contribution in [1.29, 1.82) is 0 Å². The zero-order chi connectivity index (χ0) is 18.9. The van der Waals surface area contributed by atoms with Crippen LogP contribution >= 0.6 is 0 Å². The molecule has 3 rings (SSSR count). The van der Waals surface area contributed by atoms with E-state index in [9.17, 15) is 0 Å². The van der Waals surface area contributed by atoms with E-state index in [0.717, 1.165) is 24.7 Å². The van der Waals surface area contributed by atoms with Crippen molar-refractivity contribution in [2.45, 2.75) is 64.2 Å². The van der Waals surface area contributed by atoms with Gasteiger partial charge in [0.05, 0.1) is 0 Å². The highest BCUT2D eigenvalue weighted by Gasteiger charge is 2.21. The first-order chi connectivity index (χ1) is 13.3. The predicted molar refractivity (Wildman–Crippen MR) is 119 cm³/mol. The number of rotatable bonds is 8. The molecule has 0 heteroatoms. The Kier molecular flexibility index (Phi) is 7.51. The lowest BCUT2D eigenvalue weighted by atomic mass is 9.77. The standard InChI is InChI=1S/C27H34/c1-3-5-7-9-23-12-16-25(17-13-23)27-20-18-26(19-21-27)24-14-10-22(11-15-24)8-6-4-2/h3-5,10-11,14-15,18-21,23,25H,2,6-9,12-13,16-17H2,1H3/b5-3+. The van der Waals surface area contributed by atoms with E-state index in [4.69, 9.17) is 0 Å². The zero-order valence-corrected chi connectivity index (χ0v) is 16.9.